The van der Waals surface area contributed by atoms with Gasteiger partial charge in [0.1, 0.15) is 5.82 Å². The summed E-state index contributed by atoms with van der Waals surface area (Å²) in [6, 6.07) is 12.4. The molecule has 3 aromatic rings. The van der Waals surface area contributed by atoms with Gasteiger partial charge in [-0.1, -0.05) is 19.1 Å². The lowest BCUT2D eigenvalue weighted by Gasteiger charge is -2.28. The minimum atomic E-state index is 0.271. The monoisotopic (exact) mass is 387 g/mol. The number of hydrogen-bond donors (Lipinski definition) is 3. The van der Waals surface area contributed by atoms with Crippen molar-refractivity contribution in [1.29, 1.82) is 5.26 Å². The third-order valence-corrected chi connectivity index (χ3v) is 5.26. The SMILES string of the molecule is CC(CNCC1CNc2cc(-c3cnn(C)c3)cnc2N1)c1ccc(C#N)cc1. The lowest BCUT2D eigenvalue weighted by Crippen LogP contribution is -2.42. The average Bonchev–Trinajstić information content (AvgIpc) is 3.19. The summed E-state index contributed by atoms with van der Waals surface area (Å²) in [6.07, 6.45) is 5.72. The van der Waals surface area contributed by atoms with Crippen molar-refractivity contribution in [3.63, 3.8) is 0 Å². The van der Waals surface area contributed by atoms with Crippen LogP contribution in [0.15, 0.2) is 48.9 Å². The number of aryl methyl sites for hydroxylation is 1. The van der Waals surface area contributed by atoms with Crippen molar-refractivity contribution in [3.8, 4) is 17.2 Å². The molecule has 1 aliphatic heterocycles. The fraction of sp³-hybridized carbons (Fsp3) is 0.318. The number of aromatic nitrogens is 3. The molecule has 7 nitrogen and oxygen atoms in total. The minimum Gasteiger partial charge on any atom is -0.380 e. The number of fused-ring (bicyclic) bond motifs is 1. The molecule has 2 atom stereocenters. The van der Waals surface area contributed by atoms with E-state index in [1.807, 2.05) is 49.9 Å². The topological polar surface area (TPSA) is 90.6 Å². The Morgan fingerprint density at radius 1 is 1.28 bits per heavy atom. The van der Waals surface area contributed by atoms with Gasteiger partial charge in [0.25, 0.3) is 0 Å². The van der Waals surface area contributed by atoms with E-state index in [1.54, 1.807) is 4.68 Å². The summed E-state index contributed by atoms with van der Waals surface area (Å²) >= 11 is 0. The second-order valence-corrected chi connectivity index (χ2v) is 7.54. The molecule has 0 amide bonds. The van der Waals surface area contributed by atoms with Gasteiger partial charge in [0, 0.05) is 50.2 Å². The van der Waals surface area contributed by atoms with E-state index >= 15 is 0 Å². The highest BCUT2D eigenvalue weighted by Crippen LogP contribution is 2.29. The Morgan fingerprint density at radius 2 is 2.10 bits per heavy atom. The Bertz CT molecular complexity index is 1020. The first-order chi connectivity index (χ1) is 14.1. The molecule has 1 aromatic carbocycles. The van der Waals surface area contributed by atoms with Gasteiger partial charge < -0.3 is 16.0 Å². The van der Waals surface area contributed by atoms with Crippen LogP contribution in [0.1, 0.15) is 24.0 Å². The van der Waals surface area contributed by atoms with Gasteiger partial charge in [0.05, 0.1) is 29.6 Å². The lowest BCUT2D eigenvalue weighted by atomic mass is 10.00. The maximum Gasteiger partial charge on any atom is 0.149 e. The molecule has 0 aliphatic carbocycles. The van der Waals surface area contributed by atoms with Gasteiger partial charge in [0.2, 0.25) is 0 Å². The molecule has 0 fully saturated rings. The van der Waals surface area contributed by atoms with E-state index in [1.165, 1.54) is 5.56 Å². The van der Waals surface area contributed by atoms with E-state index in [0.29, 0.717) is 11.5 Å². The molecular weight excluding hydrogens is 362 g/mol. The molecule has 0 saturated heterocycles. The van der Waals surface area contributed by atoms with E-state index in [0.717, 1.165) is 42.3 Å². The Hall–Kier alpha value is -3.37. The van der Waals surface area contributed by atoms with Crippen molar-refractivity contribution in [3.05, 3.63) is 60.0 Å². The summed E-state index contributed by atoms with van der Waals surface area (Å²) in [4.78, 5) is 4.60. The van der Waals surface area contributed by atoms with Crippen molar-refractivity contribution in [2.75, 3.05) is 30.3 Å². The highest BCUT2D eigenvalue weighted by atomic mass is 15.2. The lowest BCUT2D eigenvalue weighted by molar-refractivity contribution is 0.572. The Kier molecular flexibility index (Phi) is 5.45. The van der Waals surface area contributed by atoms with E-state index in [9.17, 15) is 0 Å². The molecule has 1 aliphatic rings. The largest absolute Gasteiger partial charge is 0.380 e. The van der Waals surface area contributed by atoms with Crippen LogP contribution in [-0.2, 0) is 7.05 Å². The number of hydrogen-bond acceptors (Lipinski definition) is 6. The van der Waals surface area contributed by atoms with Crippen molar-refractivity contribution >= 4 is 11.5 Å². The molecule has 0 bridgehead atoms. The summed E-state index contributed by atoms with van der Waals surface area (Å²) in [6.45, 7) is 4.75. The Labute approximate surface area is 170 Å². The third-order valence-electron chi connectivity index (χ3n) is 5.26. The van der Waals surface area contributed by atoms with E-state index in [4.69, 9.17) is 5.26 Å². The maximum absolute atomic E-state index is 8.91. The second kappa shape index (κ2) is 8.33. The average molecular weight is 387 g/mol. The number of nitrogens with zero attached hydrogens (tertiary/aromatic N) is 4. The molecule has 4 rings (SSSR count). The summed E-state index contributed by atoms with van der Waals surface area (Å²) in [5, 5.41) is 23.7. The van der Waals surface area contributed by atoms with Crippen molar-refractivity contribution in [1.82, 2.24) is 20.1 Å². The maximum atomic E-state index is 8.91. The normalized spacial score (nSPS) is 16.2. The number of nitriles is 1. The fourth-order valence-corrected chi connectivity index (χ4v) is 3.52. The van der Waals surface area contributed by atoms with Crippen LogP contribution < -0.4 is 16.0 Å². The molecule has 0 saturated carbocycles. The van der Waals surface area contributed by atoms with E-state index < -0.39 is 0 Å². The minimum absolute atomic E-state index is 0.271. The van der Waals surface area contributed by atoms with Crippen LogP contribution in [-0.4, -0.2) is 40.4 Å². The summed E-state index contributed by atoms with van der Waals surface area (Å²) < 4.78 is 1.79. The zero-order chi connectivity index (χ0) is 20.2. The molecule has 0 spiro atoms. The van der Waals surface area contributed by atoms with Gasteiger partial charge in [-0.15, -0.1) is 0 Å². The van der Waals surface area contributed by atoms with Crippen LogP contribution >= 0.6 is 0 Å². The molecule has 2 unspecified atom stereocenters. The number of rotatable bonds is 6. The van der Waals surface area contributed by atoms with Gasteiger partial charge in [-0.2, -0.15) is 10.4 Å². The second-order valence-electron chi connectivity index (χ2n) is 7.54. The summed E-state index contributed by atoms with van der Waals surface area (Å²) in [5.74, 6) is 1.27. The molecule has 0 radical (unpaired) electrons. The number of anilines is 2. The summed E-state index contributed by atoms with van der Waals surface area (Å²) in [5.41, 5.74) is 5.07. The van der Waals surface area contributed by atoms with Crippen molar-refractivity contribution < 1.29 is 0 Å². The smallest absolute Gasteiger partial charge is 0.149 e. The first kappa shape index (κ1) is 19.0. The highest BCUT2D eigenvalue weighted by molar-refractivity contribution is 5.75. The van der Waals surface area contributed by atoms with E-state index in [2.05, 4.69) is 45.1 Å². The predicted molar refractivity (Wildman–Crippen MR) is 115 cm³/mol. The molecule has 3 N–H and O–H groups in total. The van der Waals surface area contributed by atoms with E-state index in [-0.39, 0.29) is 6.04 Å². The van der Waals surface area contributed by atoms with Crippen LogP contribution in [0, 0.1) is 11.3 Å². The number of benzene rings is 1. The van der Waals surface area contributed by atoms with Gasteiger partial charge in [-0.05, 0) is 29.7 Å². The summed E-state index contributed by atoms with van der Waals surface area (Å²) in [7, 11) is 1.91. The van der Waals surface area contributed by atoms with Crippen LogP contribution in [0.2, 0.25) is 0 Å². The van der Waals surface area contributed by atoms with Gasteiger partial charge in [0.15, 0.2) is 0 Å². The van der Waals surface area contributed by atoms with Gasteiger partial charge in [-0.25, -0.2) is 4.98 Å². The molecule has 7 heteroatoms. The standard InChI is InChI=1S/C22H25N7/c1-15(17-5-3-16(8-23)4-6-17)9-24-12-20-13-25-21-7-18(10-26-22(21)28-20)19-11-27-29(2)14-19/h3-7,10-11,14-15,20,24-25H,9,12-13H2,1-2H3,(H,26,28). The van der Waals surface area contributed by atoms with Crippen LogP contribution in [0.5, 0.6) is 0 Å². The Balaban J connectivity index is 1.30. The fourth-order valence-electron chi connectivity index (χ4n) is 3.52. The van der Waals surface area contributed by atoms with Crippen LogP contribution in [0.25, 0.3) is 11.1 Å². The first-order valence-electron chi connectivity index (χ1n) is 9.82. The zero-order valence-corrected chi connectivity index (χ0v) is 16.7. The Morgan fingerprint density at radius 3 is 2.83 bits per heavy atom. The van der Waals surface area contributed by atoms with Gasteiger partial charge >= 0.3 is 0 Å². The van der Waals surface area contributed by atoms with Crippen LogP contribution in [0.3, 0.4) is 0 Å². The number of pyridine rings is 1. The van der Waals surface area contributed by atoms with Crippen molar-refractivity contribution in [2.45, 2.75) is 18.9 Å². The molecule has 148 valence electrons. The molecule has 29 heavy (non-hydrogen) atoms. The predicted octanol–water partition coefficient (Wildman–Crippen LogP) is 2.95. The van der Waals surface area contributed by atoms with Crippen LogP contribution in [0.4, 0.5) is 11.5 Å². The first-order valence-corrected chi connectivity index (χ1v) is 9.82. The quantitative estimate of drug-likeness (QED) is 0.602. The zero-order valence-electron chi connectivity index (χ0n) is 16.7. The third kappa shape index (κ3) is 4.39. The number of nitrogens with one attached hydrogen (secondary N) is 3. The van der Waals surface area contributed by atoms with Crippen molar-refractivity contribution in [2.24, 2.45) is 7.05 Å². The highest BCUT2D eigenvalue weighted by Gasteiger charge is 2.19. The molecule has 3 heterocycles. The molecular formula is C22H25N7. The van der Waals surface area contributed by atoms with Gasteiger partial charge in [-0.3, -0.25) is 4.68 Å². The molecule has 2 aromatic heterocycles.